The number of carbonyl (C=O) groups excluding carboxylic acids is 1. The van der Waals surface area contributed by atoms with Gasteiger partial charge < -0.3 is 10.2 Å². The van der Waals surface area contributed by atoms with Crippen LogP contribution in [0.25, 0.3) is 0 Å². The van der Waals surface area contributed by atoms with Gasteiger partial charge in [0.25, 0.3) is 0 Å². The molecule has 0 bridgehead atoms. The normalized spacial score (nSPS) is 11.0. The number of nitrogens with zero attached hydrogens (tertiary/aromatic N) is 1. The van der Waals surface area contributed by atoms with Gasteiger partial charge in [0.05, 0.1) is 0 Å². The Kier molecular flexibility index (Phi) is 8.71. The SMILES string of the molecule is CC(C)CN(CCC(c1ccccc1)c1ccccc1)C(=O)NCCc1ccccc1. The Morgan fingerprint density at radius 2 is 1.32 bits per heavy atom. The molecule has 0 atom stereocenters. The number of nitrogens with one attached hydrogen (secondary N) is 1. The fraction of sp³-hybridized carbons (Fsp3) is 0.321. The largest absolute Gasteiger partial charge is 0.338 e. The molecule has 0 fully saturated rings. The molecule has 0 spiro atoms. The van der Waals surface area contributed by atoms with Crippen molar-refractivity contribution >= 4 is 6.03 Å². The molecular weight excluding hydrogens is 380 g/mol. The first-order valence-corrected chi connectivity index (χ1v) is 11.3. The fourth-order valence-corrected chi connectivity index (χ4v) is 3.97. The van der Waals surface area contributed by atoms with E-state index in [1.54, 1.807) is 0 Å². The monoisotopic (exact) mass is 414 g/mol. The molecule has 31 heavy (non-hydrogen) atoms. The first kappa shape index (κ1) is 22.6. The van der Waals surface area contributed by atoms with E-state index in [4.69, 9.17) is 0 Å². The lowest BCUT2D eigenvalue weighted by atomic mass is 9.88. The summed E-state index contributed by atoms with van der Waals surface area (Å²) in [5.74, 6) is 0.695. The predicted octanol–water partition coefficient (Wildman–Crippen LogP) is 6.12. The van der Waals surface area contributed by atoms with Crippen LogP contribution in [0.15, 0.2) is 91.0 Å². The highest BCUT2D eigenvalue weighted by atomic mass is 16.2. The van der Waals surface area contributed by atoms with Gasteiger partial charge in [-0.2, -0.15) is 0 Å². The Morgan fingerprint density at radius 3 is 1.84 bits per heavy atom. The second-order valence-corrected chi connectivity index (χ2v) is 8.47. The number of hydrogen-bond acceptors (Lipinski definition) is 1. The van der Waals surface area contributed by atoms with Gasteiger partial charge in [-0.1, -0.05) is 105 Å². The van der Waals surface area contributed by atoms with Crippen molar-refractivity contribution < 1.29 is 4.79 Å². The summed E-state index contributed by atoms with van der Waals surface area (Å²) in [6.07, 6.45) is 1.74. The lowest BCUT2D eigenvalue weighted by Gasteiger charge is -2.27. The van der Waals surface area contributed by atoms with E-state index in [9.17, 15) is 4.79 Å². The van der Waals surface area contributed by atoms with E-state index < -0.39 is 0 Å². The van der Waals surface area contributed by atoms with Gasteiger partial charge in [-0.05, 0) is 35.4 Å². The van der Waals surface area contributed by atoms with E-state index in [1.165, 1.54) is 16.7 Å². The summed E-state index contributed by atoms with van der Waals surface area (Å²) in [7, 11) is 0. The van der Waals surface area contributed by atoms with Crippen molar-refractivity contribution in [3.05, 3.63) is 108 Å². The highest BCUT2D eigenvalue weighted by molar-refractivity contribution is 5.74. The van der Waals surface area contributed by atoms with E-state index in [-0.39, 0.29) is 11.9 Å². The molecule has 162 valence electrons. The molecule has 3 aromatic rings. The third kappa shape index (κ3) is 7.29. The van der Waals surface area contributed by atoms with E-state index >= 15 is 0 Å². The summed E-state index contributed by atoms with van der Waals surface area (Å²) in [5, 5.41) is 3.13. The lowest BCUT2D eigenvalue weighted by molar-refractivity contribution is 0.189. The zero-order valence-electron chi connectivity index (χ0n) is 18.7. The molecule has 3 heteroatoms. The van der Waals surface area contributed by atoms with Crippen molar-refractivity contribution in [2.24, 2.45) is 5.92 Å². The average molecular weight is 415 g/mol. The molecule has 0 saturated carbocycles. The molecular formula is C28H34N2O. The number of urea groups is 1. The maximum Gasteiger partial charge on any atom is 0.317 e. The van der Waals surface area contributed by atoms with Crippen LogP contribution in [-0.2, 0) is 6.42 Å². The summed E-state index contributed by atoms with van der Waals surface area (Å²) in [6, 6.07) is 31.5. The van der Waals surface area contributed by atoms with Crippen molar-refractivity contribution in [1.29, 1.82) is 0 Å². The highest BCUT2D eigenvalue weighted by Gasteiger charge is 2.19. The van der Waals surface area contributed by atoms with Crippen LogP contribution in [-0.4, -0.2) is 30.6 Å². The average Bonchev–Trinajstić information content (AvgIpc) is 2.80. The number of benzene rings is 3. The molecule has 3 nitrogen and oxygen atoms in total. The molecule has 0 heterocycles. The number of hydrogen-bond donors (Lipinski definition) is 1. The van der Waals surface area contributed by atoms with Crippen LogP contribution in [0.2, 0.25) is 0 Å². The van der Waals surface area contributed by atoms with E-state index in [2.05, 4.69) is 92.0 Å². The van der Waals surface area contributed by atoms with Crippen molar-refractivity contribution in [2.75, 3.05) is 19.6 Å². The fourth-order valence-electron chi connectivity index (χ4n) is 3.97. The number of amides is 2. The molecule has 0 aliphatic carbocycles. The van der Waals surface area contributed by atoms with E-state index in [1.807, 2.05) is 23.1 Å². The second kappa shape index (κ2) is 11.9. The van der Waals surface area contributed by atoms with Crippen LogP contribution in [0, 0.1) is 5.92 Å². The third-order valence-electron chi connectivity index (χ3n) is 5.50. The number of carbonyl (C=O) groups is 1. The molecule has 0 aromatic heterocycles. The van der Waals surface area contributed by atoms with Crippen LogP contribution >= 0.6 is 0 Å². The van der Waals surface area contributed by atoms with Gasteiger partial charge >= 0.3 is 6.03 Å². The van der Waals surface area contributed by atoms with Gasteiger partial charge in [-0.15, -0.1) is 0 Å². The lowest BCUT2D eigenvalue weighted by Crippen LogP contribution is -2.43. The van der Waals surface area contributed by atoms with Crippen molar-refractivity contribution in [3.63, 3.8) is 0 Å². The molecule has 0 aliphatic heterocycles. The van der Waals surface area contributed by atoms with E-state index in [0.717, 1.165) is 25.9 Å². The maximum absolute atomic E-state index is 13.0. The van der Waals surface area contributed by atoms with Crippen LogP contribution in [0.3, 0.4) is 0 Å². The van der Waals surface area contributed by atoms with E-state index in [0.29, 0.717) is 12.5 Å². The van der Waals surface area contributed by atoms with Gasteiger partial charge in [0.15, 0.2) is 0 Å². The minimum absolute atomic E-state index is 0.0319. The van der Waals surface area contributed by atoms with Crippen molar-refractivity contribution in [2.45, 2.75) is 32.6 Å². The molecule has 1 N–H and O–H groups in total. The summed E-state index contributed by atoms with van der Waals surface area (Å²) in [5.41, 5.74) is 3.83. The quantitative estimate of drug-likeness (QED) is 0.426. The Morgan fingerprint density at radius 1 is 0.806 bits per heavy atom. The third-order valence-corrected chi connectivity index (χ3v) is 5.50. The second-order valence-electron chi connectivity index (χ2n) is 8.47. The topological polar surface area (TPSA) is 32.3 Å². The minimum atomic E-state index is 0.0319. The van der Waals surface area contributed by atoms with Crippen LogP contribution in [0.4, 0.5) is 4.79 Å². The maximum atomic E-state index is 13.0. The summed E-state index contributed by atoms with van der Waals surface area (Å²) in [6.45, 7) is 6.46. The Balaban J connectivity index is 1.64. The molecule has 0 radical (unpaired) electrons. The van der Waals surface area contributed by atoms with Crippen molar-refractivity contribution in [1.82, 2.24) is 10.2 Å². The standard InChI is InChI=1S/C28H34N2O/c1-23(2)22-30(28(31)29-20-18-24-12-6-3-7-13-24)21-19-27(25-14-8-4-9-15-25)26-16-10-5-11-17-26/h3-17,23,27H,18-22H2,1-2H3,(H,29,31). The summed E-state index contributed by atoms with van der Waals surface area (Å²) >= 11 is 0. The highest BCUT2D eigenvalue weighted by Crippen LogP contribution is 2.28. The molecule has 0 aliphatic rings. The zero-order chi connectivity index (χ0) is 21.9. The predicted molar refractivity (Wildman–Crippen MR) is 129 cm³/mol. The van der Waals surface area contributed by atoms with Gasteiger partial charge in [0, 0.05) is 25.6 Å². The first-order chi connectivity index (χ1) is 15.1. The van der Waals surface area contributed by atoms with Crippen LogP contribution in [0.1, 0.15) is 42.9 Å². The zero-order valence-corrected chi connectivity index (χ0v) is 18.7. The van der Waals surface area contributed by atoms with Gasteiger partial charge in [-0.3, -0.25) is 0 Å². The summed E-state index contributed by atoms with van der Waals surface area (Å²) in [4.78, 5) is 14.9. The van der Waals surface area contributed by atoms with Gasteiger partial charge in [-0.25, -0.2) is 4.79 Å². The van der Waals surface area contributed by atoms with Gasteiger partial charge in [0.1, 0.15) is 0 Å². The molecule has 3 aromatic carbocycles. The minimum Gasteiger partial charge on any atom is -0.338 e. The Bertz CT molecular complexity index is 855. The first-order valence-electron chi connectivity index (χ1n) is 11.3. The molecule has 2 amide bonds. The Hall–Kier alpha value is -3.07. The molecule has 3 rings (SSSR count). The van der Waals surface area contributed by atoms with Crippen molar-refractivity contribution in [3.8, 4) is 0 Å². The van der Waals surface area contributed by atoms with Gasteiger partial charge in [0.2, 0.25) is 0 Å². The molecule has 0 saturated heterocycles. The van der Waals surface area contributed by atoms with Crippen LogP contribution in [0.5, 0.6) is 0 Å². The molecule has 0 unspecified atom stereocenters. The Labute approximate surface area is 187 Å². The smallest absolute Gasteiger partial charge is 0.317 e. The number of rotatable bonds is 10. The van der Waals surface area contributed by atoms with Crippen LogP contribution < -0.4 is 5.32 Å². The summed E-state index contributed by atoms with van der Waals surface area (Å²) < 4.78 is 0.